The van der Waals surface area contributed by atoms with Crippen LogP contribution in [0.1, 0.15) is 33.5 Å². The summed E-state index contributed by atoms with van der Waals surface area (Å²) in [5, 5.41) is 7.42. The number of anilines is 1. The SMILES string of the molecule is Cc1noc(N2C(C)C(C)NC(C)C2C)n1. The molecule has 5 heteroatoms. The number of rotatable bonds is 1. The fourth-order valence-corrected chi connectivity index (χ4v) is 2.29. The lowest BCUT2D eigenvalue weighted by atomic mass is 9.98. The highest BCUT2D eigenvalue weighted by molar-refractivity contribution is 5.32. The molecule has 1 aromatic rings. The molecule has 2 heterocycles. The Balaban J connectivity index is 2.29. The maximum Gasteiger partial charge on any atom is 0.324 e. The van der Waals surface area contributed by atoms with E-state index in [0.29, 0.717) is 36.0 Å². The van der Waals surface area contributed by atoms with Gasteiger partial charge in [0.25, 0.3) is 0 Å². The molecule has 1 fully saturated rings. The van der Waals surface area contributed by atoms with E-state index in [1.165, 1.54) is 0 Å². The van der Waals surface area contributed by atoms with Crippen LogP contribution in [0.4, 0.5) is 6.01 Å². The van der Waals surface area contributed by atoms with Crippen LogP contribution in [0, 0.1) is 6.92 Å². The Morgan fingerprint density at radius 2 is 1.69 bits per heavy atom. The van der Waals surface area contributed by atoms with Crippen molar-refractivity contribution in [2.75, 3.05) is 4.90 Å². The second-order valence-electron chi connectivity index (χ2n) is 4.76. The van der Waals surface area contributed by atoms with E-state index in [-0.39, 0.29) is 0 Å². The van der Waals surface area contributed by atoms with Crippen molar-refractivity contribution in [1.29, 1.82) is 0 Å². The monoisotopic (exact) mass is 224 g/mol. The molecule has 90 valence electrons. The Morgan fingerprint density at radius 1 is 1.12 bits per heavy atom. The van der Waals surface area contributed by atoms with Gasteiger partial charge in [0.2, 0.25) is 0 Å². The quantitative estimate of drug-likeness (QED) is 0.780. The summed E-state index contributed by atoms with van der Waals surface area (Å²) in [6.07, 6.45) is 0. The molecule has 0 radical (unpaired) electrons. The number of piperazine rings is 1. The highest BCUT2D eigenvalue weighted by Gasteiger charge is 2.36. The zero-order valence-electron chi connectivity index (χ0n) is 10.6. The van der Waals surface area contributed by atoms with Crippen molar-refractivity contribution < 1.29 is 4.52 Å². The number of hydrogen-bond acceptors (Lipinski definition) is 5. The van der Waals surface area contributed by atoms with E-state index in [1.54, 1.807) is 0 Å². The minimum atomic E-state index is 0.353. The van der Waals surface area contributed by atoms with Crippen LogP contribution in [0.25, 0.3) is 0 Å². The van der Waals surface area contributed by atoms with Crippen LogP contribution in [0.5, 0.6) is 0 Å². The number of aryl methyl sites for hydroxylation is 1. The van der Waals surface area contributed by atoms with Crippen molar-refractivity contribution in [3.63, 3.8) is 0 Å². The van der Waals surface area contributed by atoms with Gasteiger partial charge in [0.05, 0.1) is 0 Å². The molecule has 1 aromatic heterocycles. The van der Waals surface area contributed by atoms with Gasteiger partial charge < -0.3 is 14.7 Å². The topological polar surface area (TPSA) is 54.2 Å². The van der Waals surface area contributed by atoms with Gasteiger partial charge in [-0.25, -0.2) is 0 Å². The van der Waals surface area contributed by atoms with Crippen molar-refractivity contribution >= 4 is 6.01 Å². The van der Waals surface area contributed by atoms with E-state index in [2.05, 4.69) is 48.1 Å². The molecule has 5 nitrogen and oxygen atoms in total. The van der Waals surface area contributed by atoms with Gasteiger partial charge in [-0.2, -0.15) is 4.98 Å². The lowest BCUT2D eigenvalue weighted by Crippen LogP contribution is -2.64. The van der Waals surface area contributed by atoms with E-state index >= 15 is 0 Å². The van der Waals surface area contributed by atoms with E-state index in [1.807, 2.05) is 6.92 Å². The summed E-state index contributed by atoms with van der Waals surface area (Å²) in [5.41, 5.74) is 0. The summed E-state index contributed by atoms with van der Waals surface area (Å²) >= 11 is 0. The van der Waals surface area contributed by atoms with Gasteiger partial charge in [-0.1, -0.05) is 5.16 Å². The molecule has 0 amide bonds. The minimum Gasteiger partial charge on any atom is -0.316 e. The Labute approximate surface area is 96.2 Å². The molecule has 0 aromatic carbocycles. The van der Waals surface area contributed by atoms with Crippen molar-refractivity contribution in [1.82, 2.24) is 15.5 Å². The molecule has 1 aliphatic heterocycles. The Morgan fingerprint density at radius 3 is 2.12 bits per heavy atom. The standard InChI is InChI=1S/C11H20N4O/c1-6-8(3)15(9(4)7(2)12-6)11-13-10(5)14-16-11/h6-9,12H,1-5H3. The number of aromatic nitrogens is 2. The van der Waals surface area contributed by atoms with Crippen molar-refractivity contribution in [3.8, 4) is 0 Å². The fourth-order valence-electron chi connectivity index (χ4n) is 2.29. The maximum absolute atomic E-state index is 5.28. The van der Waals surface area contributed by atoms with E-state index in [0.717, 1.165) is 0 Å². The van der Waals surface area contributed by atoms with Crippen molar-refractivity contribution in [3.05, 3.63) is 5.82 Å². The van der Waals surface area contributed by atoms with Crippen LogP contribution in [0.15, 0.2) is 4.52 Å². The van der Waals surface area contributed by atoms with Gasteiger partial charge in [-0.15, -0.1) is 0 Å². The first-order valence-electron chi connectivity index (χ1n) is 5.85. The molecule has 1 aliphatic rings. The maximum atomic E-state index is 5.28. The van der Waals surface area contributed by atoms with Crippen LogP contribution >= 0.6 is 0 Å². The summed E-state index contributed by atoms with van der Waals surface area (Å²) < 4.78 is 5.28. The van der Waals surface area contributed by atoms with Crippen molar-refractivity contribution in [2.24, 2.45) is 0 Å². The summed E-state index contributed by atoms with van der Waals surface area (Å²) in [6.45, 7) is 10.6. The first-order valence-corrected chi connectivity index (χ1v) is 5.85. The average Bonchev–Trinajstić information content (AvgIpc) is 2.62. The van der Waals surface area contributed by atoms with Gasteiger partial charge in [0.15, 0.2) is 5.82 Å². The third-order valence-corrected chi connectivity index (χ3v) is 3.59. The second-order valence-corrected chi connectivity index (χ2v) is 4.76. The molecule has 16 heavy (non-hydrogen) atoms. The predicted molar refractivity (Wildman–Crippen MR) is 62.5 cm³/mol. The lowest BCUT2D eigenvalue weighted by Gasteiger charge is -2.45. The zero-order valence-corrected chi connectivity index (χ0v) is 10.6. The fraction of sp³-hybridized carbons (Fsp3) is 0.818. The Hall–Kier alpha value is -1.10. The first kappa shape index (κ1) is 11.4. The molecule has 2 rings (SSSR count). The first-order chi connectivity index (χ1) is 7.50. The average molecular weight is 224 g/mol. The van der Waals surface area contributed by atoms with Gasteiger partial charge in [0.1, 0.15) is 0 Å². The number of nitrogens with zero attached hydrogens (tertiary/aromatic N) is 3. The largest absolute Gasteiger partial charge is 0.324 e. The Kier molecular flexibility index (Phi) is 2.88. The smallest absolute Gasteiger partial charge is 0.316 e. The highest BCUT2D eigenvalue weighted by Crippen LogP contribution is 2.24. The molecule has 0 spiro atoms. The molecule has 4 unspecified atom stereocenters. The van der Waals surface area contributed by atoms with Gasteiger partial charge >= 0.3 is 6.01 Å². The number of hydrogen-bond donors (Lipinski definition) is 1. The van der Waals surface area contributed by atoms with Gasteiger partial charge in [-0.3, -0.25) is 0 Å². The van der Waals surface area contributed by atoms with Crippen LogP contribution in [-0.2, 0) is 0 Å². The summed E-state index contributed by atoms with van der Waals surface area (Å²) in [5.74, 6) is 0.688. The van der Waals surface area contributed by atoms with Crippen molar-refractivity contribution in [2.45, 2.75) is 58.8 Å². The van der Waals surface area contributed by atoms with Gasteiger partial charge in [-0.05, 0) is 34.6 Å². The molecular weight excluding hydrogens is 204 g/mol. The van der Waals surface area contributed by atoms with Crippen LogP contribution in [0.2, 0.25) is 0 Å². The molecule has 0 bridgehead atoms. The molecular formula is C11H20N4O. The summed E-state index contributed by atoms with van der Waals surface area (Å²) in [6, 6.07) is 2.17. The van der Waals surface area contributed by atoms with Crippen LogP contribution in [0.3, 0.4) is 0 Å². The second kappa shape index (κ2) is 4.05. The molecule has 4 atom stereocenters. The highest BCUT2D eigenvalue weighted by atomic mass is 16.5. The third-order valence-electron chi connectivity index (χ3n) is 3.59. The van der Waals surface area contributed by atoms with Gasteiger partial charge in [0, 0.05) is 24.2 Å². The zero-order chi connectivity index (χ0) is 11.9. The minimum absolute atomic E-state index is 0.353. The van der Waals surface area contributed by atoms with E-state index in [4.69, 9.17) is 4.52 Å². The lowest BCUT2D eigenvalue weighted by molar-refractivity contribution is 0.270. The molecule has 0 saturated carbocycles. The number of nitrogens with one attached hydrogen (secondary N) is 1. The third kappa shape index (κ3) is 1.80. The van der Waals surface area contributed by atoms with Crippen LogP contribution < -0.4 is 10.2 Å². The molecule has 0 aliphatic carbocycles. The summed E-state index contributed by atoms with van der Waals surface area (Å²) in [4.78, 5) is 6.54. The molecule has 1 N–H and O–H groups in total. The Bertz CT molecular complexity index is 351. The normalized spacial score (nSPS) is 35.4. The van der Waals surface area contributed by atoms with E-state index in [9.17, 15) is 0 Å². The van der Waals surface area contributed by atoms with Crippen LogP contribution in [-0.4, -0.2) is 34.3 Å². The predicted octanol–water partition coefficient (Wildman–Crippen LogP) is 1.34. The van der Waals surface area contributed by atoms with E-state index < -0.39 is 0 Å². The molecule has 1 saturated heterocycles. The summed E-state index contributed by atoms with van der Waals surface area (Å²) in [7, 11) is 0.